The third-order valence-electron chi connectivity index (χ3n) is 2.62. The lowest BCUT2D eigenvalue weighted by Gasteiger charge is -2.11. The molecule has 0 heterocycles. The number of phenolic OH excluding ortho intramolecular Hbond substituents is 3. The molecule has 0 aliphatic carbocycles. The van der Waals surface area contributed by atoms with Crippen molar-refractivity contribution in [2.45, 2.75) is 9.79 Å². The lowest BCUT2D eigenvalue weighted by atomic mass is 10.3. The van der Waals surface area contributed by atoms with Gasteiger partial charge in [0.05, 0.1) is 0 Å². The second kappa shape index (κ2) is 5.61. The van der Waals surface area contributed by atoms with Gasteiger partial charge < -0.3 is 19.5 Å². The largest absolute Gasteiger partial charge is 0.508 e. The van der Waals surface area contributed by atoms with E-state index in [1.54, 1.807) is 0 Å². The summed E-state index contributed by atoms with van der Waals surface area (Å²) < 4.78 is 60.3. The Labute approximate surface area is 130 Å². The van der Waals surface area contributed by atoms with Crippen molar-refractivity contribution in [1.29, 1.82) is 0 Å². The highest BCUT2D eigenvalue weighted by molar-refractivity contribution is 7.87. The van der Waals surface area contributed by atoms with Crippen molar-refractivity contribution in [3.8, 4) is 23.0 Å². The first-order valence-corrected chi connectivity index (χ1v) is 8.62. The van der Waals surface area contributed by atoms with Gasteiger partial charge in [-0.3, -0.25) is 4.55 Å². The molecule has 0 aliphatic rings. The van der Waals surface area contributed by atoms with Crippen molar-refractivity contribution in [2.24, 2.45) is 0 Å². The Morgan fingerprint density at radius 2 is 1.30 bits per heavy atom. The number of aromatic hydroxyl groups is 3. The summed E-state index contributed by atoms with van der Waals surface area (Å²) in [6, 6.07) is 4.93. The minimum Gasteiger partial charge on any atom is -0.508 e. The van der Waals surface area contributed by atoms with E-state index in [9.17, 15) is 32.2 Å². The maximum Gasteiger partial charge on any atom is 0.343 e. The molecule has 0 saturated heterocycles. The van der Waals surface area contributed by atoms with Crippen LogP contribution >= 0.6 is 0 Å². The molecular formula is C12H10O9S2. The standard InChI is InChI=1S/C12H10O9S2/c13-7-1-3-9(15)11(5-7)23(19,20)21-10-4-2-8(14)6-12(10)22(16,17)18/h1-6,13-15H,(H,16,17,18). The summed E-state index contributed by atoms with van der Waals surface area (Å²) in [6.45, 7) is 0. The first-order valence-electron chi connectivity index (χ1n) is 5.78. The lowest BCUT2D eigenvalue weighted by molar-refractivity contribution is 0.430. The van der Waals surface area contributed by atoms with Crippen LogP contribution < -0.4 is 4.18 Å². The monoisotopic (exact) mass is 362 g/mol. The molecule has 9 nitrogen and oxygen atoms in total. The maximum absolute atomic E-state index is 12.1. The lowest BCUT2D eigenvalue weighted by Crippen LogP contribution is -2.12. The van der Waals surface area contributed by atoms with Gasteiger partial charge >= 0.3 is 10.1 Å². The van der Waals surface area contributed by atoms with Crippen molar-refractivity contribution < 1.29 is 40.9 Å². The fourth-order valence-corrected chi connectivity index (χ4v) is 3.38. The Morgan fingerprint density at radius 3 is 1.87 bits per heavy atom. The van der Waals surface area contributed by atoms with Crippen LogP contribution in [-0.2, 0) is 20.2 Å². The van der Waals surface area contributed by atoms with E-state index in [-0.39, 0.29) is 0 Å². The zero-order chi connectivity index (χ0) is 17.4. The van der Waals surface area contributed by atoms with Crippen molar-refractivity contribution in [2.75, 3.05) is 0 Å². The first-order chi connectivity index (χ1) is 10.5. The van der Waals surface area contributed by atoms with E-state index in [1.165, 1.54) is 0 Å². The normalized spacial score (nSPS) is 12.0. The van der Waals surface area contributed by atoms with Crippen molar-refractivity contribution in [1.82, 2.24) is 0 Å². The quantitative estimate of drug-likeness (QED) is 0.351. The Morgan fingerprint density at radius 1 is 0.783 bits per heavy atom. The molecule has 11 heteroatoms. The average Bonchev–Trinajstić information content (AvgIpc) is 2.42. The average molecular weight is 362 g/mol. The van der Waals surface area contributed by atoms with Gasteiger partial charge in [0.1, 0.15) is 22.1 Å². The molecule has 0 amide bonds. The van der Waals surface area contributed by atoms with E-state index < -0.39 is 53.0 Å². The Hall–Kier alpha value is -2.50. The number of hydrogen-bond donors (Lipinski definition) is 4. The molecule has 0 bridgehead atoms. The van der Waals surface area contributed by atoms with E-state index in [1.807, 2.05) is 0 Å². The molecule has 0 aliphatic heterocycles. The van der Waals surface area contributed by atoms with Crippen LogP contribution in [0.15, 0.2) is 46.2 Å². The number of rotatable bonds is 4. The third-order valence-corrected chi connectivity index (χ3v) is 4.76. The molecule has 124 valence electrons. The fraction of sp³-hybridized carbons (Fsp3) is 0. The van der Waals surface area contributed by atoms with Crippen LogP contribution in [0.5, 0.6) is 23.0 Å². The first kappa shape index (κ1) is 16.9. The predicted molar refractivity (Wildman–Crippen MR) is 75.5 cm³/mol. The molecule has 0 atom stereocenters. The minimum atomic E-state index is -4.89. The van der Waals surface area contributed by atoms with Gasteiger partial charge in [0.2, 0.25) is 0 Å². The summed E-state index contributed by atoms with van der Waals surface area (Å²) in [7, 11) is -9.62. The second-order valence-electron chi connectivity index (χ2n) is 4.30. The molecule has 4 N–H and O–H groups in total. The molecule has 0 fully saturated rings. The van der Waals surface area contributed by atoms with Crippen LogP contribution in [0.4, 0.5) is 0 Å². The molecule has 23 heavy (non-hydrogen) atoms. The van der Waals surface area contributed by atoms with Gasteiger partial charge in [0.25, 0.3) is 10.1 Å². The molecule has 2 rings (SSSR count). The van der Waals surface area contributed by atoms with E-state index in [2.05, 4.69) is 4.18 Å². The SMILES string of the molecule is O=S(=O)(O)c1cc(O)ccc1OS(=O)(=O)c1cc(O)ccc1O. The molecular weight excluding hydrogens is 352 g/mol. The number of phenols is 3. The maximum atomic E-state index is 12.1. The van der Waals surface area contributed by atoms with Crippen LogP contribution in [-0.4, -0.2) is 36.7 Å². The van der Waals surface area contributed by atoms with Crippen LogP contribution in [0.25, 0.3) is 0 Å². The van der Waals surface area contributed by atoms with Crippen molar-refractivity contribution >= 4 is 20.2 Å². The van der Waals surface area contributed by atoms with Crippen molar-refractivity contribution in [3.05, 3.63) is 36.4 Å². The topological polar surface area (TPSA) is 158 Å². The van der Waals surface area contributed by atoms with Gasteiger partial charge in [-0.2, -0.15) is 16.8 Å². The van der Waals surface area contributed by atoms with E-state index in [4.69, 9.17) is 4.55 Å². The Balaban J connectivity index is 2.57. The summed E-state index contributed by atoms with van der Waals surface area (Å²) in [5.41, 5.74) is 0. The Kier molecular flexibility index (Phi) is 4.11. The Bertz CT molecular complexity index is 962. The summed E-state index contributed by atoms with van der Waals surface area (Å²) in [4.78, 5) is -1.80. The van der Waals surface area contributed by atoms with Crippen LogP contribution in [0.1, 0.15) is 0 Å². The zero-order valence-corrected chi connectivity index (χ0v) is 12.7. The highest BCUT2D eigenvalue weighted by atomic mass is 32.2. The molecule has 0 saturated carbocycles. The predicted octanol–water partition coefficient (Wildman–Crippen LogP) is 0.818. The third kappa shape index (κ3) is 3.64. The van der Waals surface area contributed by atoms with E-state index in [0.717, 1.165) is 24.3 Å². The van der Waals surface area contributed by atoms with Crippen LogP contribution in [0, 0.1) is 0 Å². The van der Waals surface area contributed by atoms with E-state index in [0.29, 0.717) is 12.1 Å². The molecule has 0 radical (unpaired) electrons. The molecule has 0 aromatic heterocycles. The van der Waals surface area contributed by atoms with Crippen LogP contribution in [0.3, 0.4) is 0 Å². The van der Waals surface area contributed by atoms with Gasteiger partial charge in [-0.05, 0) is 24.3 Å². The number of hydrogen-bond acceptors (Lipinski definition) is 8. The highest BCUT2D eigenvalue weighted by Gasteiger charge is 2.26. The van der Waals surface area contributed by atoms with Crippen molar-refractivity contribution in [3.63, 3.8) is 0 Å². The summed E-state index contributed by atoms with van der Waals surface area (Å²) in [5, 5.41) is 28.1. The zero-order valence-electron chi connectivity index (χ0n) is 11.1. The molecule has 0 spiro atoms. The second-order valence-corrected chi connectivity index (χ2v) is 7.20. The van der Waals surface area contributed by atoms with Gasteiger partial charge in [0, 0.05) is 12.1 Å². The summed E-state index contributed by atoms with van der Waals surface area (Å²) in [6.07, 6.45) is 0. The van der Waals surface area contributed by atoms with Crippen LogP contribution in [0.2, 0.25) is 0 Å². The fourth-order valence-electron chi connectivity index (χ4n) is 1.63. The summed E-state index contributed by atoms with van der Waals surface area (Å²) in [5.74, 6) is -2.57. The van der Waals surface area contributed by atoms with Gasteiger partial charge in [0.15, 0.2) is 10.6 Å². The molecule has 0 unspecified atom stereocenters. The van der Waals surface area contributed by atoms with E-state index >= 15 is 0 Å². The molecule has 2 aromatic carbocycles. The minimum absolute atomic E-state index is 0.481. The van der Waals surface area contributed by atoms with Gasteiger partial charge in [-0.15, -0.1) is 0 Å². The van der Waals surface area contributed by atoms with Gasteiger partial charge in [-0.1, -0.05) is 0 Å². The smallest absolute Gasteiger partial charge is 0.343 e. The molecule has 2 aromatic rings. The number of benzene rings is 2. The van der Waals surface area contributed by atoms with Gasteiger partial charge in [-0.25, -0.2) is 0 Å². The highest BCUT2D eigenvalue weighted by Crippen LogP contribution is 2.33. The summed E-state index contributed by atoms with van der Waals surface area (Å²) >= 11 is 0.